The maximum absolute atomic E-state index is 14.6. The summed E-state index contributed by atoms with van der Waals surface area (Å²) in [6, 6.07) is 8.24. The first-order valence-corrected chi connectivity index (χ1v) is 9.66. The lowest BCUT2D eigenvalue weighted by Gasteiger charge is -2.51. The van der Waals surface area contributed by atoms with Crippen molar-refractivity contribution in [3.8, 4) is 0 Å². The SMILES string of the molecule is Cn1cccc1C(=O)N1C[C@@H](c2cccc(F)c2F)[C@@H]2[C@H]1C1CCN2CC1. The van der Waals surface area contributed by atoms with E-state index in [4.69, 9.17) is 0 Å². The number of aromatic nitrogens is 1. The number of benzene rings is 1. The molecule has 0 aliphatic carbocycles. The quantitative estimate of drug-likeness (QED) is 0.812. The van der Waals surface area contributed by atoms with Gasteiger partial charge in [0.15, 0.2) is 11.6 Å². The molecule has 4 aliphatic rings. The summed E-state index contributed by atoms with van der Waals surface area (Å²) in [7, 11) is 1.86. The molecule has 0 spiro atoms. The Labute approximate surface area is 157 Å². The normalized spacial score (nSPS) is 32.0. The topological polar surface area (TPSA) is 28.5 Å². The van der Waals surface area contributed by atoms with Gasteiger partial charge in [-0.15, -0.1) is 0 Å². The van der Waals surface area contributed by atoms with Crippen molar-refractivity contribution in [3.63, 3.8) is 0 Å². The third-order valence-electron chi connectivity index (χ3n) is 6.80. The van der Waals surface area contributed by atoms with Crippen molar-refractivity contribution in [2.45, 2.75) is 30.8 Å². The Hall–Kier alpha value is -2.21. The van der Waals surface area contributed by atoms with E-state index in [0.717, 1.165) is 32.0 Å². The number of fused-ring (bicyclic) bond motifs is 2. The highest BCUT2D eigenvalue weighted by molar-refractivity contribution is 5.93. The molecule has 0 N–H and O–H groups in total. The number of likely N-dealkylation sites (tertiary alicyclic amines) is 1. The van der Waals surface area contributed by atoms with Gasteiger partial charge < -0.3 is 9.47 Å². The first-order valence-electron chi connectivity index (χ1n) is 9.66. The average molecular weight is 371 g/mol. The van der Waals surface area contributed by atoms with Gasteiger partial charge in [0.25, 0.3) is 5.91 Å². The molecule has 4 saturated heterocycles. The monoisotopic (exact) mass is 371 g/mol. The van der Waals surface area contributed by atoms with Gasteiger partial charge in [-0.3, -0.25) is 9.69 Å². The second kappa shape index (κ2) is 6.16. The molecule has 6 heteroatoms. The summed E-state index contributed by atoms with van der Waals surface area (Å²) in [6.45, 7) is 2.39. The van der Waals surface area contributed by atoms with E-state index in [1.807, 2.05) is 34.8 Å². The van der Waals surface area contributed by atoms with Crippen LogP contribution in [0.25, 0.3) is 0 Å². The lowest BCUT2D eigenvalue weighted by molar-refractivity contribution is -0.00386. The fourth-order valence-corrected chi connectivity index (χ4v) is 5.56. The van der Waals surface area contributed by atoms with E-state index in [1.54, 1.807) is 12.1 Å². The van der Waals surface area contributed by atoms with Gasteiger partial charge in [-0.25, -0.2) is 8.78 Å². The number of aryl methyl sites for hydroxylation is 1. The number of rotatable bonds is 2. The molecule has 6 rings (SSSR count). The van der Waals surface area contributed by atoms with Crippen LogP contribution in [0.3, 0.4) is 0 Å². The zero-order chi connectivity index (χ0) is 18.7. The number of amides is 1. The summed E-state index contributed by atoms with van der Waals surface area (Å²) in [5, 5.41) is 0. The fourth-order valence-electron chi connectivity index (χ4n) is 5.56. The number of hydrogen-bond donors (Lipinski definition) is 0. The van der Waals surface area contributed by atoms with E-state index >= 15 is 0 Å². The molecule has 3 atom stereocenters. The van der Waals surface area contributed by atoms with Crippen LogP contribution in [0.5, 0.6) is 0 Å². The van der Waals surface area contributed by atoms with Gasteiger partial charge in [0.2, 0.25) is 0 Å². The minimum Gasteiger partial charge on any atom is -0.347 e. The maximum atomic E-state index is 14.6. The zero-order valence-electron chi connectivity index (χ0n) is 15.3. The number of carbonyl (C=O) groups is 1. The molecule has 1 aromatic heterocycles. The van der Waals surface area contributed by atoms with Crippen molar-refractivity contribution in [3.05, 3.63) is 59.4 Å². The van der Waals surface area contributed by atoms with Gasteiger partial charge in [0.1, 0.15) is 5.69 Å². The Kier molecular flexibility index (Phi) is 3.86. The van der Waals surface area contributed by atoms with Crippen LogP contribution < -0.4 is 0 Å². The molecule has 2 bridgehead atoms. The molecule has 5 heterocycles. The van der Waals surface area contributed by atoms with Gasteiger partial charge >= 0.3 is 0 Å². The number of nitrogens with zero attached hydrogens (tertiary/aromatic N) is 3. The molecule has 2 aromatic rings. The molecule has 4 nitrogen and oxygen atoms in total. The van der Waals surface area contributed by atoms with Crippen LogP contribution in [-0.4, -0.2) is 52.0 Å². The summed E-state index contributed by atoms with van der Waals surface area (Å²) in [5.74, 6) is -1.35. The highest BCUT2D eigenvalue weighted by Gasteiger charge is 2.55. The predicted molar refractivity (Wildman–Crippen MR) is 97.4 cm³/mol. The summed E-state index contributed by atoms with van der Waals surface area (Å²) >= 11 is 0. The van der Waals surface area contributed by atoms with Crippen molar-refractivity contribution in [1.82, 2.24) is 14.4 Å². The summed E-state index contributed by atoms with van der Waals surface area (Å²) in [6.07, 6.45) is 3.99. The molecule has 1 amide bonds. The van der Waals surface area contributed by atoms with Crippen molar-refractivity contribution >= 4 is 5.91 Å². The van der Waals surface area contributed by atoms with Crippen molar-refractivity contribution in [2.75, 3.05) is 19.6 Å². The van der Waals surface area contributed by atoms with Crippen LogP contribution in [0.15, 0.2) is 36.5 Å². The molecular formula is C21H23F2N3O. The van der Waals surface area contributed by atoms with Gasteiger partial charge in [-0.1, -0.05) is 12.1 Å². The Bertz CT molecular complexity index is 887. The second-order valence-corrected chi connectivity index (χ2v) is 8.07. The average Bonchev–Trinajstić information content (AvgIpc) is 3.30. The lowest BCUT2D eigenvalue weighted by atomic mass is 9.75. The number of carbonyl (C=O) groups excluding carboxylic acids is 1. The van der Waals surface area contributed by atoms with E-state index in [-0.39, 0.29) is 23.9 Å². The smallest absolute Gasteiger partial charge is 0.270 e. The number of halogens is 2. The summed E-state index contributed by atoms with van der Waals surface area (Å²) < 4.78 is 30.4. The Morgan fingerprint density at radius 3 is 2.56 bits per heavy atom. The number of piperidine rings is 3. The molecular weight excluding hydrogens is 348 g/mol. The molecule has 0 unspecified atom stereocenters. The second-order valence-electron chi connectivity index (χ2n) is 8.07. The zero-order valence-corrected chi connectivity index (χ0v) is 15.3. The standard InChI is InChI=1S/C21H23F2N3O/c1-24-9-3-6-17(24)21(27)26-12-15(14-4-2-5-16(22)18(14)23)20-19(26)13-7-10-25(20)11-8-13/h2-6,9,13,15,19-20H,7-8,10-12H2,1H3/t15-,19+,20+/m0/s1. The molecule has 4 fully saturated rings. The first kappa shape index (κ1) is 16.9. The van der Waals surface area contributed by atoms with E-state index < -0.39 is 11.6 Å². The van der Waals surface area contributed by atoms with Crippen LogP contribution in [0.1, 0.15) is 34.8 Å². The van der Waals surface area contributed by atoms with E-state index in [9.17, 15) is 13.6 Å². The molecule has 0 saturated carbocycles. The third kappa shape index (κ3) is 2.46. The van der Waals surface area contributed by atoms with E-state index in [1.165, 1.54) is 0 Å². The minimum atomic E-state index is -0.813. The molecule has 4 aliphatic heterocycles. The summed E-state index contributed by atoms with van der Waals surface area (Å²) in [5.41, 5.74) is 1.05. The van der Waals surface area contributed by atoms with Crippen molar-refractivity contribution in [2.24, 2.45) is 13.0 Å². The highest BCUT2D eigenvalue weighted by Crippen LogP contribution is 2.47. The van der Waals surface area contributed by atoms with Gasteiger partial charge in [0.05, 0.1) is 6.04 Å². The first-order chi connectivity index (χ1) is 13.1. The van der Waals surface area contributed by atoms with Gasteiger partial charge in [-0.05, 0) is 55.6 Å². The lowest BCUT2D eigenvalue weighted by Crippen LogP contribution is -2.60. The molecule has 0 radical (unpaired) electrons. The summed E-state index contributed by atoms with van der Waals surface area (Å²) in [4.78, 5) is 17.6. The largest absolute Gasteiger partial charge is 0.347 e. The van der Waals surface area contributed by atoms with Crippen LogP contribution in [-0.2, 0) is 7.05 Å². The van der Waals surface area contributed by atoms with Crippen molar-refractivity contribution < 1.29 is 13.6 Å². The van der Waals surface area contributed by atoms with Crippen molar-refractivity contribution in [1.29, 1.82) is 0 Å². The molecule has 27 heavy (non-hydrogen) atoms. The number of hydrogen-bond acceptors (Lipinski definition) is 2. The van der Waals surface area contributed by atoms with Crippen LogP contribution in [0.4, 0.5) is 8.78 Å². The van der Waals surface area contributed by atoms with E-state index in [0.29, 0.717) is 23.7 Å². The fraction of sp³-hybridized carbons (Fsp3) is 0.476. The van der Waals surface area contributed by atoms with E-state index in [2.05, 4.69) is 4.90 Å². The van der Waals surface area contributed by atoms with Crippen LogP contribution in [0, 0.1) is 17.6 Å². The van der Waals surface area contributed by atoms with Crippen LogP contribution in [0.2, 0.25) is 0 Å². The van der Waals surface area contributed by atoms with Crippen LogP contribution >= 0.6 is 0 Å². The third-order valence-corrected chi connectivity index (χ3v) is 6.80. The maximum Gasteiger partial charge on any atom is 0.270 e. The Balaban J connectivity index is 1.57. The Morgan fingerprint density at radius 2 is 1.85 bits per heavy atom. The van der Waals surface area contributed by atoms with Gasteiger partial charge in [-0.2, -0.15) is 0 Å². The Morgan fingerprint density at radius 1 is 1.07 bits per heavy atom. The minimum absolute atomic E-state index is 0.00874. The highest BCUT2D eigenvalue weighted by atomic mass is 19.2. The predicted octanol–water partition coefficient (Wildman–Crippen LogP) is 3.01. The van der Waals surface area contributed by atoms with Gasteiger partial charge in [0, 0.05) is 31.7 Å². The molecule has 142 valence electrons. The molecule has 1 aromatic carbocycles.